The second kappa shape index (κ2) is 6.09. The standard InChI is InChI=1S/C20H26ClNO/c1-19(2,3)13-11-16(20(4,5)6)18(23)17(12-13)22-15-9-7-14(21)8-10-15/h7-12,22-23H,1-6H3. The van der Waals surface area contributed by atoms with E-state index in [0.29, 0.717) is 10.8 Å². The molecule has 0 amide bonds. The van der Waals surface area contributed by atoms with Crippen LogP contribution in [0.1, 0.15) is 52.7 Å². The second-order valence-electron chi connectivity index (χ2n) is 8.05. The van der Waals surface area contributed by atoms with Crippen LogP contribution < -0.4 is 5.32 Å². The summed E-state index contributed by atoms with van der Waals surface area (Å²) in [7, 11) is 0. The molecule has 0 aliphatic rings. The molecule has 23 heavy (non-hydrogen) atoms. The van der Waals surface area contributed by atoms with Crippen molar-refractivity contribution >= 4 is 23.0 Å². The van der Waals surface area contributed by atoms with Crippen molar-refractivity contribution in [2.24, 2.45) is 0 Å². The van der Waals surface area contributed by atoms with Crippen molar-refractivity contribution in [1.82, 2.24) is 0 Å². The van der Waals surface area contributed by atoms with Crippen LogP contribution in [-0.2, 0) is 10.8 Å². The molecule has 0 aliphatic carbocycles. The zero-order valence-electron chi connectivity index (χ0n) is 14.8. The van der Waals surface area contributed by atoms with Gasteiger partial charge in [-0.05, 0) is 46.7 Å². The van der Waals surface area contributed by atoms with Crippen LogP contribution in [0.4, 0.5) is 11.4 Å². The molecule has 3 heteroatoms. The first-order valence-electron chi connectivity index (χ1n) is 7.89. The number of hydrogen-bond donors (Lipinski definition) is 2. The third-order valence-corrected chi connectivity index (χ3v) is 4.16. The maximum Gasteiger partial charge on any atom is 0.142 e. The number of aromatic hydroxyl groups is 1. The van der Waals surface area contributed by atoms with Gasteiger partial charge in [0.15, 0.2) is 0 Å². The average Bonchev–Trinajstić information content (AvgIpc) is 2.41. The molecule has 0 saturated carbocycles. The van der Waals surface area contributed by atoms with Crippen molar-refractivity contribution in [3.05, 3.63) is 52.5 Å². The lowest BCUT2D eigenvalue weighted by Gasteiger charge is -2.27. The third-order valence-electron chi connectivity index (χ3n) is 3.91. The summed E-state index contributed by atoms with van der Waals surface area (Å²) in [5.74, 6) is 0.306. The van der Waals surface area contributed by atoms with Crippen LogP contribution in [0, 0.1) is 0 Å². The molecule has 2 N–H and O–H groups in total. The molecule has 0 unspecified atom stereocenters. The lowest BCUT2D eigenvalue weighted by molar-refractivity contribution is 0.447. The number of nitrogens with one attached hydrogen (secondary N) is 1. The van der Waals surface area contributed by atoms with E-state index >= 15 is 0 Å². The highest BCUT2D eigenvalue weighted by Gasteiger charge is 2.25. The summed E-state index contributed by atoms with van der Waals surface area (Å²) < 4.78 is 0. The molecule has 0 aromatic heterocycles. The highest BCUT2D eigenvalue weighted by Crippen LogP contribution is 2.41. The van der Waals surface area contributed by atoms with Gasteiger partial charge in [-0.2, -0.15) is 0 Å². The molecule has 0 atom stereocenters. The smallest absolute Gasteiger partial charge is 0.142 e. The van der Waals surface area contributed by atoms with E-state index in [9.17, 15) is 5.11 Å². The van der Waals surface area contributed by atoms with Crippen LogP contribution in [0.3, 0.4) is 0 Å². The number of rotatable bonds is 2. The van der Waals surface area contributed by atoms with Crippen LogP contribution in [0.25, 0.3) is 0 Å². The van der Waals surface area contributed by atoms with Gasteiger partial charge >= 0.3 is 0 Å². The molecule has 0 bridgehead atoms. The Hall–Kier alpha value is -1.67. The Bertz CT molecular complexity index is 691. The molecule has 2 nitrogen and oxygen atoms in total. The summed E-state index contributed by atoms with van der Waals surface area (Å²) in [4.78, 5) is 0. The van der Waals surface area contributed by atoms with Crippen LogP contribution in [0.2, 0.25) is 5.02 Å². The number of hydrogen-bond acceptors (Lipinski definition) is 2. The fourth-order valence-electron chi connectivity index (χ4n) is 2.42. The van der Waals surface area contributed by atoms with Gasteiger partial charge in [-0.1, -0.05) is 59.2 Å². The summed E-state index contributed by atoms with van der Waals surface area (Å²) in [6.45, 7) is 12.9. The Morgan fingerprint density at radius 3 is 1.91 bits per heavy atom. The van der Waals surface area contributed by atoms with E-state index in [2.05, 4.69) is 52.9 Å². The highest BCUT2D eigenvalue weighted by atomic mass is 35.5. The average molecular weight is 332 g/mol. The van der Waals surface area contributed by atoms with Crippen LogP contribution in [0.5, 0.6) is 5.75 Å². The Labute approximate surface area is 144 Å². The molecule has 124 valence electrons. The van der Waals surface area contributed by atoms with Gasteiger partial charge in [-0.15, -0.1) is 0 Å². The zero-order valence-corrected chi connectivity index (χ0v) is 15.5. The molecule has 2 rings (SSSR count). The predicted molar refractivity (Wildman–Crippen MR) is 100 cm³/mol. The molecule has 0 spiro atoms. The lowest BCUT2D eigenvalue weighted by Crippen LogP contribution is -2.17. The van der Waals surface area contributed by atoms with E-state index in [4.69, 9.17) is 11.6 Å². The number of benzene rings is 2. The minimum Gasteiger partial charge on any atom is -0.505 e. The summed E-state index contributed by atoms with van der Waals surface area (Å²) in [5.41, 5.74) is 3.63. The Morgan fingerprint density at radius 2 is 1.43 bits per heavy atom. The van der Waals surface area contributed by atoms with Crippen molar-refractivity contribution in [3.63, 3.8) is 0 Å². The topological polar surface area (TPSA) is 32.3 Å². The normalized spacial score (nSPS) is 12.3. The zero-order chi connectivity index (χ0) is 17.4. The summed E-state index contributed by atoms with van der Waals surface area (Å²) in [6, 6.07) is 11.6. The number of phenols is 1. The third kappa shape index (κ3) is 4.20. The fraction of sp³-hybridized carbons (Fsp3) is 0.400. The van der Waals surface area contributed by atoms with Crippen LogP contribution in [-0.4, -0.2) is 5.11 Å². The van der Waals surface area contributed by atoms with E-state index in [1.807, 2.05) is 30.3 Å². The monoisotopic (exact) mass is 331 g/mol. The van der Waals surface area contributed by atoms with Crippen molar-refractivity contribution in [2.45, 2.75) is 52.4 Å². The number of halogens is 1. The first-order chi connectivity index (χ1) is 10.5. The van der Waals surface area contributed by atoms with E-state index in [1.165, 1.54) is 5.56 Å². The van der Waals surface area contributed by atoms with Gasteiger partial charge in [0.2, 0.25) is 0 Å². The maximum atomic E-state index is 10.7. The summed E-state index contributed by atoms with van der Waals surface area (Å²) in [5, 5.41) is 14.8. The Kier molecular flexibility index (Phi) is 4.68. The van der Waals surface area contributed by atoms with Crippen LogP contribution in [0.15, 0.2) is 36.4 Å². The molecule has 0 saturated heterocycles. The van der Waals surface area contributed by atoms with Crippen molar-refractivity contribution < 1.29 is 5.11 Å². The largest absolute Gasteiger partial charge is 0.505 e. The van der Waals surface area contributed by atoms with Gasteiger partial charge in [0, 0.05) is 16.3 Å². The fourth-order valence-corrected chi connectivity index (χ4v) is 2.55. The predicted octanol–water partition coefficient (Wildman–Crippen LogP) is 6.38. The Balaban J connectivity index is 2.55. The molecule has 0 aliphatic heterocycles. The number of phenolic OH excluding ortho intramolecular Hbond substituents is 1. The lowest BCUT2D eigenvalue weighted by atomic mass is 9.79. The summed E-state index contributed by atoms with van der Waals surface area (Å²) in [6.07, 6.45) is 0. The number of anilines is 2. The van der Waals surface area contributed by atoms with Gasteiger partial charge in [0.05, 0.1) is 5.69 Å². The maximum absolute atomic E-state index is 10.7. The highest BCUT2D eigenvalue weighted by molar-refractivity contribution is 6.30. The van der Waals surface area contributed by atoms with Gasteiger partial charge in [0.25, 0.3) is 0 Å². The van der Waals surface area contributed by atoms with Gasteiger partial charge < -0.3 is 10.4 Å². The van der Waals surface area contributed by atoms with Crippen molar-refractivity contribution in [3.8, 4) is 5.75 Å². The van der Waals surface area contributed by atoms with Gasteiger partial charge in [-0.25, -0.2) is 0 Å². The van der Waals surface area contributed by atoms with Crippen molar-refractivity contribution in [2.75, 3.05) is 5.32 Å². The quantitative estimate of drug-likeness (QED) is 0.625. The molecular formula is C20H26ClNO. The van der Waals surface area contributed by atoms with Crippen LogP contribution >= 0.6 is 11.6 Å². The van der Waals surface area contributed by atoms with E-state index < -0.39 is 0 Å². The SMILES string of the molecule is CC(C)(C)c1cc(Nc2ccc(Cl)cc2)c(O)c(C(C)(C)C)c1. The summed E-state index contributed by atoms with van der Waals surface area (Å²) >= 11 is 5.94. The van der Waals surface area contributed by atoms with Gasteiger partial charge in [-0.3, -0.25) is 0 Å². The van der Waals surface area contributed by atoms with E-state index in [1.54, 1.807) is 0 Å². The molecule has 0 radical (unpaired) electrons. The molecule has 2 aromatic rings. The minimum absolute atomic E-state index is 0.00409. The molecule has 0 fully saturated rings. The first-order valence-corrected chi connectivity index (χ1v) is 8.27. The van der Waals surface area contributed by atoms with Gasteiger partial charge in [0.1, 0.15) is 5.75 Å². The Morgan fingerprint density at radius 1 is 0.870 bits per heavy atom. The molecule has 2 aromatic carbocycles. The minimum atomic E-state index is -0.137. The second-order valence-corrected chi connectivity index (χ2v) is 8.49. The molecule has 0 heterocycles. The first kappa shape index (κ1) is 17.7. The molecular weight excluding hydrogens is 306 g/mol. The van der Waals surface area contributed by atoms with E-state index in [-0.39, 0.29) is 10.8 Å². The van der Waals surface area contributed by atoms with Crippen molar-refractivity contribution in [1.29, 1.82) is 0 Å². The van der Waals surface area contributed by atoms with E-state index in [0.717, 1.165) is 16.9 Å².